The van der Waals surface area contributed by atoms with Crippen molar-refractivity contribution < 1.29 is 13.5 Å². The molecule has 0 saturated carbocycles. The lowest BCUT2D eigenvalue weighted by Gasteiger charge is -2.33. The Bertz CT molecular complexity index is 783. The van der Waals surface area contributed by atoms with Crippen LogP contribution in [0.2, 0.25) is 0 Å². The van der Waals surface area contributed by atoms with Gasteiger partial charge in [0.2, 0.25) is 0 Å². The zero-order valence-corrected chi connectivity index (χ0v) is 13.9. The number of aliphatic hydroxyl groups excluding tert-OH is 1. The van der Waals surface area contributed by atoms with E-state index in [9.17, 15) is 13.5 Å². The quantitative estimate of drug-likeness (QED) is 0.906. The summed E-state index contributed by atoms with van der Waals surface area (Å²) in [6, 6.07) is 16.6. The van der Waals surface area contributed by atoms with E-state index in [-0.39, 0.29) is 18.4 Å². The minimum Gasteiger partial charge on any atom is -0.394 e. The van der Waals surface area contributed by atoms with Crippen molar-refractivity contribution in [2.75, 3.05) is 12.4 Å². The molecule has 0 amide bonds. The molecule has 2 atom stereocenters. The van der Waals surface area contributed by atoms with Crippen LogP contribution in [0.25, 0.3) is 0 Å². The molecule has 1 aliphatic heterocycles. The van der Waals surface area contributed by atoms with Gasteiger partial charge in [-0.1, -0.05) is 55.5 Å². The highest BCUT2D eigenvalue weighted by Crippen LogP contribution is 2.35. The molecule has 0 aromatic heterocycles. The summed E-state index contributed by atoms with van der Waals surface area (Å²) in [5.74, 6) is -0.104. The number of fused-ring (bicyclic) bond motifs is 1. The van der Waals surface area contributed by atoms with Crippen LogP contribution in [-0.2, 0) is 9.84 Å². The summed E-state index contributed by atoms with van der Waals surface area (Å²) in [6.07, 6.45) is 0.528. The zero-order chi connectivity index (χ0) is 16.5. The SMILES string of the molecule is CC[C@]1(CO)CS(=O)(=O)c2ccccc2[C@H](c2ccccc2)N1. The summed E-state index contributed by atoms with van der Waals surface area (Å²) in [6.45, 7) is 1.68. The van der Waals surface area contributed by atoms with Crippen LogP contribution in [-0.4, -0.2) is 31.4 Å². The van der Waals surface area contributed by atoms with Crippen molar-refractivity contribution in [1.29, 1.82) is 0 Å². The second-order valence-electron chi connectivity index (χ2n) is 6.08. The van der Waals surface area contributed by atoms with E-state index in [4.69, 9.17) is 0 Å². The summed E-state index contributed by atoms with van der Waals surface area (Å²) < 4.78 is 25.7. The smallest absolute Gasteiger partial charge is 0.180 e. The summed E-state index contributed by atoms with van der Waals surface area (Å²) in [5, 5.41) is 13.3. The predicted molar refractivity (Wildman–Crippen MR) is 90.0 cm³/mol. The molecule has 3 rings (SSSR count). The molecule has 23 heavy (non-hydrogen) atoms. The molecule has 5 heteroatoms. The van der Waals surface area contributed by atoms with Crippen molar-refractivity contribution in [1.82, 2.24) is 5.32 Å². The van der Waals surface area contributed by atoms with Crippen LogP contribution in [0, 0.1) is 0 Å². The molecular weight excluding hydrogens is 310 g/mol. The first-order valence-electron chi connectivity index (χ1n) is 7.76. The third-order valence-corrected chi connectivity index (χ3v) is 6.57. The lowest BCUT2D eigenvalue weighted by atomic mass is 9.92. The molecule has 122 valence electrons. The topological polar surface area (TPSA) is 66.4 Å². The molecule has 0 saturated heterocycles. The van der Waals surface area contributed by atoms with Gasteiger partial charge in [-0.15, -0.1) is 0 Å². The van der Waals surface area contributed by atoms with Crippen molar-refractivity contribution in [3.05, 3.63) is 65.7 Å². The van der Waals surface area contributed by atoms with Crippen LogP contribution < -0.4 is 5.32 Å². The highest BCUT2D eigenvalue weighted by molar-refractivity contribution is 7.91. The van der Waals surface area contributed by atoms with E-state index in [1.54, 1.807) is 12.1 Å². The molecule has 4 nitrogen and oxygen atoms in total. The molecule has 0 radical (unpaired) electrons. The predicted octanol–water partition coefficient (Wildman–Crippen LogP) is 2.29. The lowest BCUT2D eigenvalue weighted by Crippen LogP contribution is -2.53. The van der Waals surface area contributed by atoms with Gasteiger partial charge in [0.1, 0.15) is 0 Å². The molecule has 0 unspecified atom stereocenters. The number of rotatable bonds is 3. The molecule has 2 aromatic carbocycles. The highest BCUT2D eigenvalue weighted by Gasteiger charge is 2.41. The number of hydrogen-bond acceptors (Lipinski definition) is 4. The molecule has 1 aliphatic rings. The van der Waals surface area contributed by atoms with E-state index in [0.717, 1.165) is 11.1 Å². The number of aliphatic hydroxyl groups is 1. The third-order valence-electron chi connectivity index (χ3n) is 4.59. The Morgan fingerprint density at radius 2 is 1.78 bits per heavy atom. The van der Waals surface area contributed by atoms with Crippen molar-refractivity contribution >= 4 is 9.84 Å². The van der Waals surface area contributed by atoms with Gasteiger partial charge in [-0.05, 0) is 23.6 Å². The second kappa shape index (κ2) is 6.07. The van der Waals surface area contributed by atoms with E-state index in [1.165, 1.54) is 0 Å². The fourth-order valence-corrected chi connectivity index (χ4v) is 5.28. The Labute approximate surface area is 137 Å². The summed E-state index contributed by atoms with van der Waals surface area (Å²) in [4.78, 5) is 0.352. The number of hydrogen-bond donors (Lipinski definition) is 2. The van der Waals surface area contributed by atoms with E-state index in [0.29, 0.717) is 11.3 Å². The minimum atomic E-state index is -3.47. The Hall–Kier alpha value is -1.69. The Morgan fingerprint density at radius 1 is 1.13 bits per heavy atom. The maximum Gasteiger partial charge on any atom is 0.180 e. The first-order chi connectivity index (χ1) is 11.0. The van der Waals surface area contributed by atoms with Gasteiger partial charge < -0.3 is 5.11 Å². The zero-order valence-electron chi connectivity index (χ0n) is 13.1. The van der Waals surface area contributed by atoms with Crippen molar-refractivity contribution in [2.24, 2.45) is 0 Å². The van der Waals surface area contributed by atoms with Gasteiger partial charge >= 0.3 is 0 Å². The maximum atomic E-state index is 12.9. The van der Waals surface area contributed by atoms with Crippen LogP contribution in [0.1, 0.15) is 30.5 Å². The van der Waals surface area contributed by atoms with Gasteiger partial charge in [-0.3, -0.25) is 5.32 Å². The highest BCUT2D eigenvalue weighted by atomic mass is 32.2. The minimum absolute atomic E-state index is 0.104. The fourth-order valence-electron chi connectivity index (χ4n) is 3.18. The van der Waals surface area contributed by atoms with Gasteiger partial charge in [0.15, 0.2) is 9.84 Å². The summed E-state index contributed by atoms with van der Waals surface area (Å²) in [5.41, 5.74) is 0.879. The van der Waals surface area contributed by atoms with Gasteiger partial charge in [-0.2, -0.15) is 0 Å². The monoisotopic (exact) mass is 331 g/mol. The molecule has 2 N–H and O–H groups in total. The first kappa shape index (κ1) is 16.2. The van der Waals surface area contributed by atoms with Crippen molar-refractivity contribution in [3.8, 4) is 0 Å². The van der Waals surface area contributed by atoms with Crippen LogP contribution in [0.15, 0.2) is 59.5 Å². The van der Waals surface area contributed by atoms with E-state index in [1.807, 2.05) is 49.4 Å². The molecule has 0 bridgehead atoms. The molecule has 0 fully saturated rings. The van der Waals surface area contributed by atoms with Crippen LogP contribution in [0.5, 0.6) is 0 Å². The van der Waals surface area contributed by atoms with Gasteiger partial charge in [-0.25, -0.2) is 8.42 Å². The molecule has 1 heterocycles. The van der Waals surface area contributed by atoms with E-state index in [2.05, 4.69) is 5.32 Å². The van der Waals surface area contributed by atoms with Crippen molar-refractivity contribution in [3.63, 3.8) is 0 Å². The molecular formula is C18H21NO3S. The Morgan fingerprint density at radius 3 is 2.43 bits per heavy atom. The van der Waals surface area contributed by atoms with Crippen LogP contribution >= 0.6 is 0 Å². The van der Waals surface area contributed by atoms with Crippen molar-refractivity contribution in [2.45, 2.75) is 29.8 Å². The molecule has 0 aliphatic carbocycles. The standard InChI is InChI=1S/C18H21NO3S/c1-2-18(12-20)13-23(21,22)16-11-7-6-10-15(16)17(19-18)14-8-4-3-5-9-14/h3-11,17,19-20H,2,12-13H2,1H3/t17-,18-/m0/s1. The largest absolute Gasteiger partial charge is 0.394 e. The summed E-state index contributed by atoms with van der Waals surface area (Å²) in [7, 11) is -3.47. The normalized spacial score (nSPS) is 26.3. The molecule has 0 spiro atoms. The number of sulfone groups is 1. The van der Waals surface area contributed by atoms with Crippen LogP contribution in [0.4, 0.5) is 0 Å². The average molecular weight is 331 g/mol. The number of nitrogens with one attached hydrogen (secondary N) is 1. The van der Waals surface area contributed by atoms with Crippen LogP contribution in [0.3, 0.4) is 0 Å². The molecule has 2 aromatic rings. The van der Waals surface area contributed by atoms with Gasteiger partial charge in [0.05, 0.1) is 28.8 Å². The Balaban J connectivity index is 2.24. The van der Waals surface area contributed by atoms with Gasteiger partial charge in [0.25, 0.3) is 0 Å². The lowest BCUT2D eigenvalue weighted by molar-refractivity contribution is 0.165. The fraction of sp³-hybridized carbons (Fsp3) is 0.333. The second-order valence-corrected chi connectivity index (χ2v) is 8.03. The summed E-state index contributed by atoms with van der Waals surface area (Å²) >= 11 is 0. The van der Waals surface area contributed by atoms with E-state index >= 15 is 0 Å². The first-order valence-corrected chi connectivity index (χ1v) is 9.42. The van der Waals surface area contributed by atoms with Gasteiger partial charge in [0, 0.05) is 0 Å². The van der Waals surface area contributed by atoms with E-state index < -0.39 is 15.4 Å². The number of benzene rings is 2. The Kier molecular flexibility index (Phi) is 4.27. The third kappa shape index (κ3) is 2.92. The average Bonchev–Trinajstić information content (AvgIpc) is 2.69. The maximum absolute atomic E-state index is 12.9.